The number of nitrogens with two attached hydrogens (primary N) is 1. The van der Waals surface area contributed by atoms with Crippen LogP contribution in [0.3, 0.4) is 0 Å². The van der Waals surface area contributed by atoms with Crippen molar-refractivity contribution in [2.75, 3.05) is 0 Å². The van der Waals surface area contributed by atoms with Crippen molar-refractivity contribution in [1.82, 2.24) is 5.32 Å². The van der Waals surface area contributed by atoms with E-state index in [9.17, 15) is 9.59 Å². The Bertz CT molecular complexity index is 274. The number of aliphatic carboxylic acids is 1. The van der Waals surface area contributed by atoms with Crippen LogP contribution in [0.5, 0.6) is 0 Å². The first-order chi connectivity index (χ1) is 7.41. The Morgan fingerprint density at radius 2 is 2.00 bits per heavy atom. The number of nitrogens with one attached hydrogen (secondary N) is 1. The number of carbonyl (C=O) groups excluding carboxylic acids is 1. The lowest BCUT2D eigenvalue weighted by molar-refractivity contribution is -0.138. The van der Waals surface area contributed by atoms with Crippen molar-refractivity contribution < 1.29 is 14.7 Å². The second kappa shape index (κ2) is 5.30. The molecule has 1 aliphatic carbocycles. The summed E-state index contributed by atoms with van der Waals surface area (Å²) in [6.45, 7) is 3.74. The quantitative estimate of drug-likeness (QED) is 0.611. The van der Waals surface area contributed by atoms with Crippen LogP contribution in [0.2, 0.25) is 0 Å². The van der Waals surface area contributed by atoms with Gasteiger partial charge in [-0.2, -0.15) is 0 Å². The predicted octanol–water partition coefficient (Wildman–Crippen LogP) is 0.339. The van der Waals surface area contributed by atoms with Gasteiger partial charge in [0.2, 0.25) is 5.91 Å². The standard InChI is InChI=1S/C11H20N2O3/c1-6(2)10(12)11(16)13-8(5-9(14)15)7-3-4-7/h6-8,10H,3-5,12H2,1-2H3,(H,13,16)(H,14,15). The summed E-state index contributed by atoms with van der Waals surface area (Å²) in [6, 6.07) is -0.815. The Morgan fingerprint density at radius 3 is 2.38 bits per heavy atom. The number of carboxylic acids is 1. The van der Waals surface area contributed by atoms with Crippen molar-refractivity contribution in [2.45, 2.75) is 45.2 Å². The van der Waals surface area contributed by atoms with E-state index < -0.39 is 12.0 Å². The molecule has 0 aromatic heterocycles. The van der Waals surface area contributed by atoms with E-state index in [2.05, 4.69) is 5.32 Å². The first-order valence-corrected chi connectivity index (χ1v) is 5.69. The number of hydrogen-bond donors (Lipinski definition) is 3. The Kier molecular flexibility index (Phi) is 4.29. The van der Waals surface area contributed by atoms with Crippen molar-refractivity contribution in [2.24, 2.45) is 17.6 Å². The molecule has 5 nitrogen and oxygen atoms in total. The average Bonchev–Trinajstić information content (AvgIpc) is 2.97. The van der Waals surface area contributed by atoms with E-state index in [0.29, 0.717) is 5.92 Å². The van der Waals surface area contributed by atoms with Crippen molar-refractivity contribution in [1.29, 1.82) is 0 Å². The summed E-state index contributed by atoms with van der Waals surface area (Å²) in [7, 11) is 0. The third kappa shape index (κ3) is 3.81. The monoisotopic (exact) mass is 228 g/mol. The number of hydrogen-bond acceptors (Lipinski definition) is 3. The molecule has 5 heteroatoms. The molecular weight excluding hydrogens is 208 g/mol. The first-order valence-electron chi connectivity index (χ1n) is 5.69. The fourth-order valence-electron chi connectivity index (χ4n) is 1.60. The van der Waals surface area contributed by atoms with Crippen molar-refractivity contribution in [3.63, 3.8) is 0 Å². The lowest BCUT2D eigenvalue weighted by atomic mass is 10.0. The number of carboxylic acid groups (broad SMARTS) is 1. The molecule has 2 atom stereocenters. The highest BCUT2D eigenvalue weighted by molar-refractivity contribution is 5.82. The smallest absolute Gasteiger partial charge is 0.305 e. The molecule has 0 aromatic carbocycles. The molecule has 0 saturated heterocycles. The minimum Gasteiger partial charge on any atom is -0.481 e. The van der Waals surface area contributed by atoms with Gasteiger partial charge in [-0.1, -0.05) is 13.8 Å². The molecule has 0 aliphatic heterocycles. The zero-order valence-corrected chi connectivity index (χ0v) is 9.77. The summed E-state index contributed by atoms with van der Waals surface area (Å²) in [5, 5.41) is 11.5. The van der Waals surface area contributed by atoms with Crippen LogP contribution < -0.4 is 11.1 Å². The fourth-order valence-corrected chi connectivity index (χ4v) is 1.60. The Morgan fingerprint density at radius 1 is 1.44 bits per heavy atom. The zero-order valence-electron chi connectivity index (χ0n) is 9.77. The van der Waals surface area contributed by atoms with E-state index in [1.165, 1.54) is 0 Å². The fraction of sp³-hybridized carbons (Fsp3) is 0.818. The van der Waals surface area contributed by atoms with E-state index in [-0.39, 0.29) is 24.3 Å². The van der Waals surface area contributed by atoms with E-state index >= 15 is 0 Å². The minimum atomic E-state index is -0.879. The molecule has 92 valence electrons. The molecule has 1 fully saturated rings. The van der Waals surface area contributed by atoms with Gasteiger partial charge in [0.15, 0.2) is 0 Å². The van der Waals surface area contributed by atoms with Crippen molar-refractivity contribution in [3.05, 3.63) is 0 Å². The average molecular weight is 228 g/mol. The van der Waals surface area contributed by atoms with Gasteiger partial charge in [-0.25, -0.2) is 0 Å². The van der Waals surface area contributed by atoms with Gasteiger partial charge in [-0.15, -0.1) is 0 Å². The van der Waals surface area contributed by atoms with Gasteiger partial charge < -0.3 is 16.2 Å². The normalized spacial score (nSPS) is 19.2. The molecule has 0 heterocycles. The lowest BCUT2D eigenvalue weighted by Gasteiger charge is -2.21. The van der Waals surface area contributed by atoms with E-state index in [4.69, 9.17) is 10.8 Å². The number of carbonyl (C=O) groups is 2. The molecule has 0 aromatic rings. The van der Waals surface area contributed by atoms with Gasteiger partial charge in [0.05, 0.1) is 12.5 Å². The molecule has 0 spiro atoms. The van der Waals surface area contributed by atoms with Crippen molar-refractivity contribution in [3.8, 4) is 0 Å². The van der Waals surface area contributed by atoms with Gasteiger partial charge in [0, 0.05) is 6.04 Å². The number of rotatable bonds is 6. The van der Waals surface area contributed by atoms with Gasteiger partial charge in [0.1, 0.15) is 0 Å². The topological polar surface area (TPSA) is 92.4 Å². The molecule has 0 radical (unpaired) electrons. The van der Waals surface area contributed by atoms with Crippen LogP contribution in [0.15, 0.2) is 0 Å². The third-order valence-corrected chi connectivity index (χ3v) is 2.93. The van der Waals surface area contributed by atoms with E-state index in [0.717, 1.165) is 12.8 Å². The first kappa shape index (κ1) is 13.0. The second-order valence-electron chi connectivity index (χ2n) is 4.82. The van der Waals surface area contributed by atoms with Gasteiger partial charge >= 0.3 is 5.97 Å². The predicted molar refractivity (Wildman–Crippen MR) is 59.7 cm³/mol. The van der Waals surface area contributed by atoms with E-state index in [1.54, 1.807) is 0 Å². The highest BCUT2D eigenvalue weighted by Gasteiger charge is 2.34. The maximum atomic E-state index is 11.7. The minimum absolute atomic E-state index is 0.0127. The maximum absolute atomic E-state index is 11.7. The van der Waals surface area contributed by atoms with Crippen LogP contribution in [0, 0.1) is 11.8 Å². The largest absolute Gasteiger partial charge is 0.481 e. The maximum Gasteiger partial charge on any atom is 0.305 e. The van der Waals surface area contributed by atoms with Crippen LogP contribution in [0.4, 0.5) is 0 Å². The van der Waals surface area contributed by atoms with Gasteiger partial charge in [0.25, 0.3) is 0 Å². The molecule has 1 rings (SSSR count). The van der Waals surface area contributed by atoms with Crippen molar-refractivity contribution >= 4 is 11.9 Å². The molecule has 0 bridgehead atoms. The van der Waals surface area contributed by atoms with Crippen LogP contribution >= 0.6 is 0 Å². The summed E-state index contributed by atoms with van der Waals surface area (Å²) in [4.78, 5) is 22.3. The molecule has 1 aliphatic rings. The summed E-state index contributed by atoms with van der Waals surface area (Å²) in [5.41, 5.74) is 5.70. The molecule has 2 unspecified atom stereocenters. The molecule has 4 N–H and O–H groups in total. The third-order valence-electron chi connectivity index (χ3n) is 2.93. The van der Waals surface area contributed by atoms with Crippen LogP contribution in [0.25, 0.3) is 0 Å². The Hall–Kier alpha value is -1.10. The highest BCUT2D eigenvalue weighted by Crippen LogP contribution is 2.34. The van der Waals surface area contributed by atoms with Gasteiger partial charge in [-0.05, 0) is 24.7 Å². The van der Waals surface area contributed by atoms with Gasteiger partial charge in [-0.3, -0.25) is 9.59 Å². The van der Waals surface area contributed by atoms with Crippen LogP contribution in [0.1, 0.15) is 33.1 Å². The SMILES string of the molecule is CC(C)C(N)C(=O)NC(CC(=O)O)C1CC1. The summed E-state index contributed by atoms with van der Waals surface area (Å²) in [5.74, 6) is -0.743. The highest BCUT2D eigenvalue weighted by atomic mass is 16.4. The summed E-state index contributed by atoms with van der Waals surface area (Å²) in [6.07, 6.45) is 1.98. The molecular formula is C11H20N2O3. The van der Waals surface area contributed by atoms with E-state index in [1.807, 2.05) is 13.8 Å². The molecule has 1 amide bonds. The Balaban J connectivity index is 2.47. The molecule has 1 saturated carbocycles. The second-order valence-corrected chi connectivity index (χ2v) is 4.82. The lowest BCUT2D eigenvalue weighted by Crippen LogP contribution is -2.49. The zero-order chi connectivity index (χ0) is 12.3. The number of amides is 1. The Labute approximate surface area is 95.4 Å². The summed E-state index contributed by atoms with van der Waals surface area (Å²) >= 11 is 0. The van der Waals surface area contributed by atoms with Crippen LogP contribution in [-0.4, -0.2) is 29.1 Å². The molecule has 16 heavy (non-hydrogen) atoms. The summed E-state index contributed by atoms with van der Waals surface area (Å²) < 4.78 is 0. The van der Waals surface area contributed by atoms with Crippen LogP contribution in [-0.2, 0) is 9.59 Å².